The number of fused-ring (bicyclic) bond motifs is 1. The molecule has 0 radical (unpaired) electrons. The quantitative estimate of drug-likeness (QED) is 0.673. The van der Waals surface area contributed by atoms with Crippen LogP contribution in [0.3, 0.4) is 0 Å². The van der Waals surface area contributed by atoms with Crippen LogP contribution in [0.15, 0.2) is 89.2 Å². The first-order valence-corrected chi connectivity index (χ1v) is 12.1. The predicted molar refractivity (Wildman–Crippen MR) is 133 cm³/mol. The van der Waals surface area contributed by atoms with E-state index in [-0.39, 0.29) is 23.9 Å². The molecule has 6 heteroatoms. The Morgan fingerprint density at radius 2 is 1.62 bits per heavy atom. The molecule has 0 spiro atoms. The molecular formula is C26H30N4OS. The number of rotatable bonds is 5. The molecule has 2 heterocycles. The Morgan fingerprint density at radius 3 is 2.12 bits per heavy atom. The van der Waals surface area contributed by atoms with Crippen molar-refractivity contribution in [2.45, 2.75) is 38.8 Å². The number of guanidine groups is 1. The Labute approximate surface area is 195 Å². The molecule has 0 aromatic heterocycles. The summed E-state index contributed by atoms with van der Waals surface area (Å²) in [6.07, 6.45) is 1.96. The zero-order valence-electron chi connectivity index (χ0n) is 19.1. The van der Waals surface area contributed by atoms with Crippen molar-refractivity contribution in [1.82, 2.24) is 14.5 Å². The van der Waals surface area contributed by atoms with Crippen molar-refractivity contribution in [3.05, 3.63) is 95.3 Å². The van der Waals surface area contributed by atoms with Crippen LogP contribution in [0.2, 0.25) is 0 Å². The van der Waals surface area contributed by atoms with E-state index in [9.17, 15) is 4.79 Å². The molecule has 4 rings (SSSR count). The average Bonchev–Trinajstić information content (AvgIpc) is 2.79. The highest BCUT2D eigenvalue weighted by Gasteiger charge is 2.46. The van der Waals surface area contributed by atoms with Gasteiger partial charge in [-0.3, -0.25) is 9.52 Å². The lowest BCUT2D eigenvalue weighted by atomic mass is 9.82. The largest absolute Gasteiger partial charge is 0.333 e. The monoisotopic (exact) mass is 446 g/mol. The van der Waals surface area contributed by atoms with E-state index in [1.807, 2.05) is 30.2 Å². The summed E-state index contributed by atoms with van der Waals surface area (Å²) in [7, 11) is 0. The Kier molecular flexibility index (Phi) is 6.42. The van der Waals surface area contributed by atoms with Crippen LogP contribution in [0.5, 0.6) is 0 Å². The first kappa shape index (κ1) is 22.2. The van der Waals surface area contributed by atoms with Gasteiger partial charge in [-0.2, -0.15) is 0 Å². The fourth-order valence-electron chi connectivity index (χ4n) is 4.60. The molecule has 1 atom stereocenters. The summed E-state index contributed by atoms with van der Waals surface area (Å²) in [6, 6.07) is 21.1. The summed E-state index contributed by atoms with van der Waals surface area (Å²) in [4.78, 5) is 22.5. The number of piperazine rings is 1. The third-order valence-electron chi connectivity index (χ3n) is 6.20. The smallest absolute Gasteiger partial charge is 0.271 e. The normalized spacial score (nSPS) is 18.9. The highest BCUT2D eigenvalue weighted by Crippen LogP contribution is 2.39. The van der Waals surface area contributed by atoms with Crippen molar-refractivity contribution >= 4 is 23.8 Å². The number of carbonyl (C=O) groups is 1. The van der Waals surface area contributed by atoms with E-state index in [2.05, 4.69) is 78.6 Å². The van der Waals surface area contributed by atoms with Gasteiger partial charge in [-0.1, -0.05) is 79.2 Å². The van der Waals surface area contributed by atoms with Crippen molar-refractivity contribution < 1.29 is 4.79 Å². The number of hydrogen-bond donors (Lipinski definition) is 1. The van der Waals surface area contributed by atoms with Crippen molar-refractivity contribution in [2.24, 2.45) is 4.99 Å². The first-order chi connectivity index (χ1) is 15.4. The topological polar surface area (TPSA) is 47.9 Å². The van der Waals surface area contributed by atoms with Crippen LogP contribution in [0, 0.1) is 0 Å². The van der Waals surface area contributed by atoms with Gasteiger partial charge in [-0.25, -0.2) is 4.99 Å². The number of aliphatic imine (C=N–C) groups is 1. The Hall–Kier alpha value is -2.99. The molecule has 166 valence electrons. The van der Waals surface area contributed by atoms with Crippen molar-refractivity contribution in [3.63, 3.8) is 0 Å². The minimum atomic E-state index is -0.0312. The van der Waals surface area contributed by atoms with Gasteiger partial charge in [0, 0.05) is 30.3 Å². The van der Waals surface area contributed by atoms with Crippen LogP contribution in [-0.4, -0.2) is 46.6 Å². The zero-order chi connectivity index (χ0) is 22.8. The van der Waals surface area contributed by atoms with Crippen LogP contribution >= 0.6 is 11.9 Å². The SMILES string of the molecule is C=C1N=C(NSC)N2C(=C1C)C(=O)N(C(C)C)C[C@@H]2C(c1ccccc1)c1ccccc1. The average molecular weight is 447 g/mol. The standard InChI is InChI=1S/C26H30N4OS/c1-17(2)29-16-22(23(20-12-8-6-9-13-20)21-14-10-7-11-15-21)30-24(25(29)31)18(3)19(4)27-26(30)28-32-5/h6-15,17,22-23H,4,16H2,1-3,5H3,(H,27,28)/t22-/m1/s1. The maximum absolute atomic E-state index is 13.6. The molecule has 2 aliphatic rings. The molecular weight excluding hydrogens is 416 g/mol. The summed E-state index contributed by atoms with van der Waals surface area (Å²) in [6.45, 7) is 10.8. The van der Waals surface area contributed by atoms with Crippen LogP contribution in [0.1, 0.15) is 37.8 Å². The summed E-state index contributed by atoms with van der Waals surface area (Å²) in [5.74, 6) is 0.751. The van der Waals surface area contributed by atoms with Crippen molar-refractivity contribution in [3.8, 4) is 0 Å². The number of nitrogens with zero attached hydrogens (tertiary/aromatic N) is 3. The molecule has 0 unspecified atom stereocenters. The molecule has 1 N–H and O–H groups in total. The number of nitrogens with one attached hydrogen (secondary N) is 1. The molecule has 0 saturated carbocycles. The third-order valence-corrected chi connectivity index (χ3v) is 6.58. The first-order valence-electron chi connectivity index (χ1n) is 10.9. The third kappa shape index (κ3) is 3.95. The molecule has 1 fully saturated rings. The van der Waals surface area contributed by atoms with Gasteiger partial charge in [0.2, 0.25) is 5.96 Å². The number of carbonyl (C=O) groups excluding carboxylic acids is 1. The maximum Gasteiger partial charge on any atom is 0.271 e. The highest BCUT2D eigenvalue weighted by molar-refractivity contribution is 7.97. The number of benzene rings is 2. The van der Waals surface area contributed by atoms with E-state index in [0.29, 0.717) is 23.9 Å². The second-order valence-corrected chi connectivity index (χ2v) is 9.06. The Morgan fingerprint density at radius 1 is 1.06 bits per heavy atom. The van der Waals surface area contributed by atoms with Crippen molar-refractivity contribution in [2.75, 3.05) is 12.8 Å². The lowest BCUT2D eigenvalue weighted by Gasteiger charge is -2.49. The maximum atomic E-state index is 13.6. The second-order valence-electron chi connectivity index (χ2n) is 8.45. The van der Waals surface area contributed by atoms with Crippen LogP contribution in [0.25, 0.3) is 0 Å². The highest BCUT2D eigenvalue weighted by atomic mass is 32.2. The van der Waals surface area contributed by atoms with Crippen LogP contribution in [-0.2, 0) is 4.79 Å². The summed E-state index contributed by atoms with van der Waals surface area (Å²) >= 11 is 1.47. The molecule has 0 aliphatic carbocycles. The van der Waals surface area contributed by atoms with E-state index in [1.165, 1.54) is 23.1 Å². The minimum absolute atomic E-state index is 0.0312. The van der Waals surface area contributed by atoms with Gasteiger partial charge in [0.05, 0.1) is 11.7 Å². The van der Waals surface area contributed by atoms with Gasteiger partial charge in [0.1, 0.15) is 5.70 Å². The number of amides is 1. The molecule has 5 nitrogen and oxygen atoms in total. The van der Waals surface area contributed by atoms with E-state index in [4.69, 9.17) is 4.99 Å². The molecule has 0 bridgehead atoms. The van der Waals surface area contributed by atoms with E-state index in [1.54, 1.807) is 0 Å². The van der Waals surface area contributed by atoms with Crippen LogP contribution < -0.4 is 4.72 Å². The van der Waals surface area contributed by atoms with Crippen LogP contribution in [0.4, 0.5) is 0 Å². The molecule has 32 heavy (non-hydrogen) atoms. The molecule has 2 aromatic carbocycles. The number of hydrogen-bond acceptors (Lipinski definition) is 5. The van der Waals surface area contributed by atoms with Gasteiger partial charge in [-0.05, 0) is 31.9 Å². The lowest BCUT2D eigenvalue weighted by Crippen LogP contribution is -2.62. The summed E-state index contributed by atoms with van der Waals surface area (Å²) in [5.41, 5.74) is 4.56. The molecule has 1 saturated heterocycles. The summed E-state index contributed by atoms with van der Waals surface area (Å²) in [5, 5.41) is 0. The van der Waals surface area contributed by atoms with Gasteiger partial charge >= 0.3 is 0 Å². The minimum Gasteiger partial charge on any atom is -0.333 e. The summed E-state index contributed by atoms with van der Waals surface area (Å²) < 4.78 is 3.31. The van der Waals surface area contributed by atoms with Gasteiger partial charge in [0.15, 0.2) is 0 Å². The fraction of sp³-hybridized carbons (Fsp3) is 0.308. The molecule has 2 aromatic rings. The second kappa shape index (κ2) is 9.25. The molecule has 2 aliphatic heterocycles. The fourth-order valence-corrected chi connectivity index (χ4v) is 4.92. The lowest BCUT2D eigenvalue weighted by molar-refractivity contribution is -0.134. The van der Waals surface area contributed by atoms with Crippen molar-refractivity contribution in [1.29, 1.82) is 0 Å². The van der Waals surface area contributed by atoms with Gasteiger partial charge < -0.3 is 9.80 Å². The predicted octanol–water partition coefficient (Wildman–Crippen LogP) is 4.76. The zero-order valence-corrected chi connectivity index (χ0v) is 19.9. The molecule has 1 amide bonds. The Bertz CT molecular complexity index is 1020. The van der Waals surface area contributed by atoms with Gasteiger partial charge in [-0.15, -0.1) is 0 Å². The van der Waals surface area contributed by atoms with E-state index < -0.39 is 0 Å². The Balaban J connectivity index is 1.93. The van der Waals surface area contributed by atoms with E-state index in [0.717, 1.165) is 5.57 Å². The van der Waals surface area contributed by atoms with Gasteiger partial charge in [0.25, 0.3) is 5.91 Å². The van der Waals surface area contributed by atoms with E-state index >= 15 is 0 Å². The number of allylic oxidation sites excluding steroid dienone is 1.